The Morgan fingerprint density at radius 3 is 2.41 bits per heavy atom. The smallest absolute Gasteiger partial charge is 0.407 e. The number of aryl methyl sites for hydroxylation is 2. The van der Waals surface area contributed by atoms with Crippen molar-refractivity contribution in [1.82, 2.24) is 10.3 Å². The first-order chi connectivity index (χ1) is 16.1. The van der Waals surface area contributed by atoms with Crippen LogP contribution in [0.3, 0.4) is 0 Å². The van der Waals surface area contributed by atoms with E-state index in [1.165, 1.54) is 0 Å². The lowest BCUT2D eigenvalue weighted by atomic mass is 9.85. The van der Waals surface area contributed by atoms with E-state index in [4.69, 9.17) is 26.1 Å². The van der Waals surface area contributed by atoms with Crippen molar-refractivity contribution in [3.63, 3.8) is 0 Å². The molecule has 0 aliphatic heterocycles. The van der Waals surface area contributed by atoms with Crippen LogP contribution in [0.4, 0.5) is 4.79 Å². The molecule has 0 unspecified atom stereocenters. The molecule has 3 rings (SSSR count). The van der Waals surface area contributed by atoms with Crippen LogP contribution in [-0.4, -0.2) is 17.6 Å². The van der Waals surface area contributed by atoms with E-state index in [0.717, 1.165) is 39.2 Å². The second kappa shape index (κ2) is 10.9. The van der Waals surface area contributed by atoms with Gasteiger partial charge >= 0.3 is 6.09 Å². The molecule has 0 aliphatic rings. The quantitative estimate of drug-likeness (QED) is 0.390. The van der Waals surface area contributed by atoms with Crippen molar-refractivity contribution in [2.75, 3.05) is 6.54 Å². The first kappa shape index (κ1) is 25.6. The number of carbonyl (C=O) groups excluding carboxylic acids is 1. The molecule has 34 heavy (non-hydrogen) atoms. The predicted octanol–water partition coefficient (Wildman–Crippen LogP) is 7.14. The second-order valence-electron chi connectivity index (χ2n) is 9.35. The van der Waals surface area contributed by atoms with E-state index >= 15 is 0 Å². The minimum atomic E-state index is -0.472. The molecule has 1 amide bonds. The maximum Gasteiger partial charge on any atom is 0.407 e. The SMILES string of the molecule is CCNC(=O)OCc1c(OCc2ccccc2)cc(-c2cc(Cl)c(C(C)(C)C)cc2C)nc1C. The summed E-state index contributed by atoms with van der Waals surface area (Å²) in [5, 5.41) is 3.35. The molecule has 0 radical (unpaired) electrons. The third-order valence-corrected chi connectivity index (χ3v) is 5.91. The summed E-state index contributed by atoms with van der Waals surface area (Å²) in [5.41, 5.74) is 6.35. The minimum Gasteiger partial charge on any atom is -0.488 e. The summed E-state index contributed by atoms with van der Waals surface area (Å²) in [6, 6.07) is 16.0. The zero-order valence-corrected chi connectivity index (χ0v) is 21.5. The zero-order valence-electron chi connectivity index (χ0n) is 20.8. The first-order valence-corrected chi connectivity index (χ1v) is 11.9. The lowest BCUT2D eigenvalue weighted by molar-refractivity contribution is 0.138. The maximum atomic E-state index is 11.9. The number of amides is 1. The van der Waals surface area contributed by atoms with Gasteiger partial charge < -0.3 is 14.8 Å². The number of carbonyl (C=O) groups is 1. The summed E-state index contributed by atoms with van der Waals surface area (Å²) in [4.78, 5) is 16.7. The molecule has 0 saturated carbocycles. The van der Waals surface area contributed by atoms with Gasteiger partial charge in [0.25, 0.3) is 0 Å². The molecule has 1 N–H and O–H groups in total. The lowest BCUT2D eigenvalue weighted by Gasteiger charge is -2.23. The van der Waals surface area contributed by atoms with Crippen molar-refractivity contribution >= 4 is 17.7 Å². The number of pyridine rings is 1. The average Bonchev–Trinajstić information content (AvgIpc) is 2.78. The number of aromatic nitrogens is 1. The van der Waals surface area contributed by atoms with Crippen LogP contribution < -0.4 is 10.1 Å². The predicted molar refractivity (Wildman–Crippen MR) is 137 cm³/mol. The standard InChI is InChI=1S/C28H33ClN2O3/c1-7-30-27(32)34-17-22-19(3)31-25(15-26(22)33-16-20-11-9-8-10-12-20)21-14-24(29)23(13-18(21)2)28(4,5)6/h8-15H,7,16-17H2,1-6H3,(H,30,32). The van der Waals surface area contributed by atoms with E-state index in [1.807, 2.05) is 56.3 Å². The molecule has 0 bridgehead atoms. The first-order valence-electron chi connectivity index (χ1n) is 11.5. The average molecular weight is 481 g/mol. The Kier molecular flexibility index (Phi) is 8.21. The van der Waals surface area contributed by atoms with Crippen molar-refractivity contribution in [2.24, 2.45) is 0 Å². The number of nitrogens with one attached hydrogen (secondary N) is 1. The third kappa shape index (κ3) is 6.29. The van der Waals surface area contributed by atoms with E-state index in [9.17, 15) is 4.79 Å². The van der Waals surface area contributed by atoms with E-state index in [2.05, 4.69) is 39.1 Å². The largest absolute Gasteiger partial charge is 0.488 e. The van der Waals surface area contributed by atoms with Crippen molar-refractivity contribution in [2.45, 2.75) is 60.2 Å². The van der Waals surface area contributed by atoms with Gasteiger partial charge in [0.2, 0.25) is 0 Å². The molecule has 5 nitrogen and oxygen atoms in total. The molecule has 0 aliphatic carbocycles. The zero-order chi connectivity index (χ0) is 24.9. The van der Waals surface area contributed by atoms with Crippen LogP contribution in [0.25, 0.3) is 11.3 Å². The summed E-state index contributed by atoms with van der Waals surface area (Å²) in [7, 11) is 0. The molecule has 0 saturated heterocycles. The van der Waals surface area contributed by atoms with Gasteiger partial charge in [-0.05, 0) is 48.9 Å². The number of alkyl carbamates (subject to hydrolysis) is 1. The van der Waals surface area contributed by atoms with Gasteiger partial charge in [0, 0.05) is 28.9 Å². The molecule has 0 atom stereocenters. The highest BCUT2D eigenvalue weighted by Gasteiger charge is 2.21. The highest BCUT2D eigenvalue weighted by molar-refractivity contribution is 6.31. The van der Waals surface area contributed by atoms with Crippen LogP contribution in [0.15, 0.2) is 48.5 Å². The summed E-state index contributed by atoms with van der Waals surface area (Å²) in [5.74, 6) is 0.631. The fraction of sp³-hybridized carbons (Fsp3) is 0.357. The summed E-state index contributed by atoms with van der Waals surface area (Å²) >= 11 is 6.68. The Morgan fingerprint density at radius 2 is 1.76 bits per heavy atom. The van der Waals surface area contributed by atoms with E-state index in [1.54, 1.807) is 0 Å². The lowest BCUT2D eigenvalue weighted by Crippen LogP contribution is -2.23. The van der Waals surface area contributed by atoms with Gasteiger partial charge in [-0.15, -0.1) is 0 Å². The van der Waals surface area contributed by atoms with Crippen LogP contribution in [0.1, 0.15) is 55.6 Å². The van der Waals surface area contributed by atoms with E-state index in [-0.39, 0.29) is 12.0 Å². The van der Waals surface area contributed by atoms with Gasteiger partial charge in [0.15, 0.2) is 0 Å². The van der Waals surface area contributed by atoms with Gasteiger partial charge in [0.05, 0.1) is 11.3 Å². The molecule has 180 valence electrons. The van der Waals surface area contributed by atoms with Crippen LogP contribution in [-0.2, 0) is 23.4 Å². The third-order valence-electron chi connectivity index (χ3n) is 5.59. The van der Waals surface area contributed by atoms with Gasteiger partial charge in [-0.2, -0.15) is 0 Å². The van der Waals surface area contributed by atoms with E-state index in [0.29, 0.717) is 23.9 Å². The molecule has 6 heteroatoms. The number of hydrogen-bond acceptors (Lipinski definition) is 4. The Labute approximate surface area is 207 Å². The van der Waals surface area contributed by atoms with E-state index < -0.39 is 6.09 Å². The Bertz CT molecular complexity index is 1150. The molecule has 0 fully saturated rings. The summed E-state index contributed by atoms with van der Waals surface area (Å²) in [6.45, 7) is 13.2. The maximum absolute atomic E-state index is 11.9. The van der Waals surface area contributed by atoms with Crippen LogP contribution in [0, 0.1) is 13.8 Å². The van der Waals surface area contributed by atoms with Gasteiger partial charge in [-0.3, -0.25) is 4.98 Å². The minimum absolute atomic E-state index is 0.0616. The fourth-order valence-corrected chi connectivity index (χ4v) is 4.16. The Hall–Kier alpha value is -3.05. The molecule has 2 aromatic carbocycles. The highest BCUT2D eigenvalue weighted by atomic mass is 35.5. The van der Waals surface area contributed by atoms with Crippen LogP contribution >= 0.6 is 11.6 Å². The van der Waals surface area contributed by atoms with Gasteiger partial charge in [0.1, 0.15) is 19.0 Å². The van der Waals surface area contributed by atoms with Crippen molar-refractivity contribution in [1.29, 1.82) is 0 Å². The molecule has 1 aromatic heterocycles. The monoisotopic (exact) mass is 480 g/mol. The van der Waals surface area contributed by atoms with Crippen LogP contribution in [0.2, 0.25) is 5.02 Å². The second-order valence-corrected chi connectivity index (χ2v) is 9.75. The number of hydrogen-bond donors (Lipinski definition) is 1. The van der Waals surface area contributed by atoms with Gasteiger partial charge in [-0.1, -0.05) is 68.8 Å². The van der Waals surface area contributed by atoms with Crippen molar-refractivity contribution in [3.05, 3.63) is 81.5 Å². The van der Waals surface area contributed by atoms with Gasteiger partial charge in [-0.25, -0.2) is 4.79 Å². The molecular formula is C28H33ClN2O3. The number of halogens is 1. The van der Waals surface area contributed by atoms with Crippen molar-refractivity contribution in [3.8, 4) is 17.0 Å². The highest BCUT2D eigenvalue weighted by Crippen LogP contribution is 2.37. The van der Waals surface area contributed by atoms with Crippen molar-refractivity contribution < 1.29 is 14.3 Å². The summed E-state index contributed by atoms with van der Waals surface area (Å²) < 4.78 is 11.6. The number of rotatable bonds is 7. The van der Waals surface area contributed by atoms with Crippen LogP contribution in [0.5, 0.6) is 5.75 Å². The number of nitrogens with zero attached hydrogens (tertiary/aromatic N) is 1. The number of benzene rings is 2. The molecule has 3 aromatic rings. The molecule has 0 spiro atoms. The fourth-order valence-electron chi connectivity index (χ4n) is 3.71. The molecular weight excluding hydrogens is 448 g/mol. The number of ether oxygens (including phenoxy) is 2. The topological polar surface area (TPSA) is 60.5 Å². The molecule has 1 heterocycles. The Morgan fingerprint density at radius 1 is 1.06 bits per heavy atom. The Balaban J connectivity index is 2.01. The normalized spacial score (nSPS) is 11.3. The summed E-state index contributed by atoms with van der Waals surface area (Å²) in [6.07, 6.45) is -0.472.